The van der Waals surface area contributed by atoms with Crippen LogP contribution in [0.3, 0.4) is 0 Å². The van der Waals surface area contributed by atoms with Gasteiger partial charge in [-0.05, 0) is 12.1 Å². The van der Waals surface area contributed by atoms with Crippen LogP contribution in [0.2, 0.25) is 25.7 Å². The number of nitrogens with zero attached hydrogens (tertiary/aromatic N) is 3. The van der Waals surface area contributed by atoms with Gasteiger partial charge in [-0.3, -0.25) is 4.68 Å². The van der Waals surface area contributed by atoms with Crippen LogP contribution >= 0.6 is 0 Å². The first-order valence-corrected chi connectivity index (χ1v) is 10.3. The molecule has 1 heterocycles. The monoisotopic (exact) mass is 315 g/mol. The van der Waals surface area contributed by atoms with Gasteiger partial charge in [-0.15, -0.1) is 0 Å². The van der Waals surface area contributed by atoms with Crippen LogP contribution in [0.15, 0.2) is 36.9 Å². The van der Waals surface area contributed by atoms with Gasteiger partial charge in [0.05, 0.1) is 0 Å². The molecule has 108 valence electrons. The Balaban J connectivity index is 0.00000220. The number of aromatic nitrogens is 3. The molecule has 0 spiro atoms. The summed E-state index contributed by atoms with van der Waals surface area (Å²) in [5, 5.41) is 17.3. The molecule has 2 aromatic rings. The second-order valence-electron chi connectivity index (χ2n) is 6.33. The molecule has 7 heteroatoms. The summed E-state index contributed by atoms with van der Waals surface area (Å²) < 4.78 is 14.6. The van der Waals surface area contributed by atoms with Crippen molar-refractivity contribution < 1.29 is 39.1 Å². The maximum absolute atomic E-state index is 13.3. The Hall–Kier alpha value is -0.533. The molecule has 1 unspecified atom stereocenters. The Morgan fingerprint density at radius 3 is 2.33 bits per heavy atom. The zero-order valence-corrected chi connectivity index (χ0v) is 16.0. The molecule has 4 nitrogen and oxygen atoms in total. The van der Waals surface area contributed by atoms with E-state index in [0.29, 0.717) is 11.6 Å². The van der Waals surface area contributed by atoms with E-state index in [-0.39, 0.29) is 41.9 Å². The van der Waals surface area contributed by atoms with Gasteiger partial charge in [0.1, 0.15) is 18.5 Å². The quantitative estimate of drug-likeness (QED) is 0.666. The Morgan fingerprint density at radius 1 is 1.24 bits per heavy atom. The third-order valence-corrected chi connectivity index (χ3v) is 4.70. The van der Waals surface area contributed by atoms with Crippen LogP contribution in [0.4, 0.5) is 4.39 Å². The second kappa shape index (κ2) is 7.15. The van der Waals surface area contributed by atoms with Crippen molar-refractivity contribution in [3.63, 3.8) is 0 Å². The Kier molecular flexibility index (Phi) is 6.31. The van der Waals surface area contributed by atoms with Crippen molar-refractivity contribution in [2.24, 2.45) is 0 Å². The Bertz CT molecular complexity index is 557. The van der Waals surface area contributed by atoms with Crippen molar-refractivity contribution >= 4 is 8.07 Å². The van der Waals surface area contributed by atoms with Crippen molar-refractivity contribution in [3.8, 4) is 0 Å². The van der Waals surface area contributed by atoms with Gasteiger partial charge in [0.2, 0.25) is 0 Å². The molecule has 1 aromatic carbocycles. The number of hydrogen-bond acceptors (Lipinski definition) is 3. The van der Waals surface area contributed by atoms with Gasteiger partial charge in [0.15, 0.2) is 0 Å². The number of benzene rings is 1. The summed E-state index contributed by atoms with van der Waals surface area (Å²) in [5.41, 5.74) is -0.692. The summed E-state index contributed by atoms with van der Waals surface area (Å²) in [4.78, 5) is 3.87. The molecule has 1 atom stereocenters. The van der Waals surface area contributed by atoms with E-state index in [4.69, 9.17) is 0 Å². The topological polar surface area (TPSA) is 53.8 Å². The maximum Gasteiger partial charge on any atom is 1.00 e. The molecule has 0 aliphatic heterocycles. The molecule has 21 heavy (non-hydrogen) atoms. The minimum absolute atomic E-state index is 0. The number of rotatable bonds is 5. The van der Waals surface area contributed by atoms with Gasteiger partial charge >= 0.3 is 29.6 Å². The predicted molar refractivity (Wildman–Crippen MR) is 76.3 cm³/mol. The van der Waals surface area contributed by atoms with Gasteiger partial charge in [-0.1, -0.05) is 49.0 Å². The molecule has 2 rings (SSSR count). The van der Waals surface area contributed by atoms with Crippen molar-refractivity contribution in [2.75, 3.05) is 0 Å². The summed E-state index contributed by atoms with van der Waals surface area (Å²) in [7, 11) is -1.59. The first-order chi connectivity index (χ1) is 9.28. The van der Waals surface area contributed by atoms with Crippen LogP contribution in [0.1, 0.15) is 5.56 Å². The molecule has 0 N–H and O–H groups in total. The van der Waals surface area contributed by atoms with E-state index >= 15 is 0 Å². The molecule has 0 aliphatic carbocycles. The largest absolute Gasteiger partial charge is 1.00 e. The third-order valence-electron chi connectivity index (χ3n) is 3.07. The number of halogens is 1. The van der Waals surface area contributed by atoms with Crippen LogP contribution in [0.25, 0.3) is 0 Å². The maximum atomic E-state index is 13.3. The number of hydrogen-bond donors (Lipinski definition) is 0. The summed E-state index contributed by atoms with van der Waals surface area (Å²) in [6.45, 7) is 6.68. The molecule has 0 amide bonds. The first-order valence-electron chi connectivity index (χ1n) is 6.57. The fourth-order valence-electron chi connectivity index (χ4n) is 2.44. The third kappa shape index (κ3) is 5.30. The molecule has 1 aromatic heterocycles. The molecular formula is C14H19FN3NaOSi. The SMILES string of the molecule is C[Si](C)(C)CC([O-])(Cn1cncn1)c1ccc(F)cc1.[Na+]. The Morgan fingerprint density at radius 2 is 1.86 bits per heavy atom. The van der Waals surface area contributed by atoms with E-state index in [0.717, 1.165) is 0 Å². The average molecular weight is 315 g/mol. The van der Waals surface area contributed by atoms with E-state index in [2.05, 4.69) is 29.7 Å². The van der Waals surface area contributed by atoms with E-state index in [1.165, 1.54) is 18.5 Å². The minimum atomic E-state index is -1.59. The molecule has 0 aliphatic rings. The van der Waals surface area contributed by atoms with E-state index in [1.54, 1.807) is 23.1 Å². The summed E-state index contributed by atoms with van der Waals surface area (Å²) >= 11 is 0. The Labute approximate surface area is 147 Å². The van der Waals surface area contributed by atoms with Crippen LogP contribution in [0.5, 0.6) is 0 Å². The molecule has 0 saturated carbocycles. The molecular weight excluding hydrogens is 296 g/mol. The summed E-state index contributed by atoms with van der Waals surface area (Å²) in [6.07, 6.45) is 2.96. The van der Waals surface area contributed by atoms with Crippen molar-refractivity contribution in [1.82, 2.24) is 14.8 Å². The van der Waals surface area contributed by atoms with Crippen molar-refractivity contribution in [3.05, 3.63) is 48.3 Å². The molecule has 0 radical (unpaired) electrons. The standard InChI is InChI=1S/C14H19FN3OSi.Na/c1-20(2,3)9-14(19,8-18-11-16-10-17-18)12-4-6-13(15)7-5-12;/h4-7,10-11H,8-9H2,1-3H3;/q-1;+1. The molecule has 0 fully saturated rings. The normalized spacial score (nSPS) is 14.3. The zero-order valence-electron chi connectivity index (χ0n) is 13.0. The van der Waals surface area contributed by atoms with Gasteiger partial charge in [0.25, 0.3) is 0 Å². The van der Waals surface area contributed by atoms with Gasteiger partial charge < -0.3 is 5.11 Å². The van der Waals surface area contributed by atoms with Crippen LogP contribution in [-0.2, 0) is 12.1 Å². The van der Waals surface area contributed by atoms with E-state index in [9.17, 15) is 9.50 Å². The first kappa shape index (κ1) is 18.5. The van der Waals surface area contributed by atoms with Crippen molar-refractivity contribution in [2.45, 2.75) is 37.8 Å². The van der Waals surface area contributed by atoms with Crippen LogP contribution in [0, 0.1) is 5.82 Å². The van der Waals surface area contributed by atoms with Crippen LogP contribution in [-0.4, -0.2) is 22.8 Å². The molecule has 0 saturated heterocycles. The fourth-order valence-corrected chi connectivity index (χ4v) is 4.46. The van der Waals surface area contributed by atoms with Crippen molar-refractivity contribution in [1.29, 1.82) is 0 Å². The fraction of sp³-hybridized carbons (Fsp3) is 0.429. The summed E-state index contributed by atoms with van der Waals surface area (Å²) in [6, 6.07) is 6.41. The second-order valence-corrected chi connectivity index (χ2v) is 11.8. The predicted octanol–water partition coefficient (Wildman–Crippen LogP) is -0.985. The zero-order chi connectivity index (χ0) is 14.8. The van der Waals surface area contributed by atoms with Crippen LogP contribution < -0.4 is 34.7 Å². The minimum Gasteiger partial charge on any atom is -0.845 e. The average Bonchev–Trinajstić information content (AvgIpc) is 2.79. The van der Waals surface area contributed by atoms with E-state index < -0.39 is 13.7 Å². The van der Waals surface area contributed by atoms with Gasteiger partial charge in [0, 0.05) is 14.6 Å². The summed E-state index contributed by atoms with van der Waals surface area (Å²) in [5.74, 6) is -0.329. The smallest absolute Gasteiger partial charge is 0.845 e. The molecule has 0 bridgehead atoms. The van der Waals surface area contributed by atoms with Gasteiger partial charge in [-0.25, -0.2) is 9.37 Å². The van der Waals surface area contributed by atoms with E-state index in [1.807, 2.05) is 0 Å². The van der Waals surface area contributed by atoms with Gasteiger partial charge in [-0.2, -0.15) is 5.10 Å².